The number of alkyl halides is 5. The molecule has 0 amide bonds. The molecule has 0 bridgehead atoms. The summed E-state index contributed by atoms with van der Waals surface area (Å²) in [6.07, 6.45) is -4.72. The van der Waals surface area contributed by atoms with Crippen molar-refractivity contribution in [2.24, 2.45) is 0 Å². The molecule has 0 rings (SSSR count). The third-order valence-corrected chi connectivity index (χ3v) is 3.48. The van der Waals surface area contributed by atoms with Crippen LogP contribution >= 0.6 is 0 Å². The normalized spacial score (nSPS) is 13.1. The summed E-state index contributed by atoms with van der Waals surface area (Å²) in [4.78, 5) is 0. The van der Waals surface area contributed by atoms with Crippen LogP contribution in [0.2, 0.25) is 0 Å². The molecule has 0 fully saturated rings. The molecule has 0 spiro atoms. The summed E-state index contributed by atoms with van der Waals surface area (Å²) >= 11 is 0. The summed E-state index contributed by atoms with van der Waals surface area (Å²) in [5, 5.41) is -4.26. The van der Waals surface area contributed by atoms with Crippen molar-refractivity contribution in [2.75, 3.05) is 0 Å². The minimum atomic E-state index is -5.63. The Balaban J connectivity index is 0. The molecule has 0 saturated heterocycles. The van der Waals surface area contributed by atoms with Crippen molar-refractivity contribution in [2.45, 2.75) is 62.8 Å². The molecule has 0 aliphatic heterocycles. The molecule has 116 valence electrons. The molecule has 0 aromatic heterocycles. The van der Waals surface area contributed by atoms with Crippen molar-refractivity contribution >= 4 is 10.1 Å². The molecule has 20 heavy (non-hydrogen) atoms. The van der Waals surface area contributed by atoms with Crippen molar-refractivity contribution in [1.82, 2.24) is 0 Å². The van der Waals surface area contributed by atoms with Gasteiger partial charge >= 0.3 is 41.0 Å². The van der Waals surface area contributed by atoms with E-state index in [4.69, 9.17) is 0 Å². The van der Waals surface area contributed by atoms with Gasteiger partial charge in [-0.15, -0.1) is 0 Å². The molecule has 0 saturated carbocycles. The van der Waals surface area contributed by atoms with Crippen LogP contribution < -0.4 is 29.6 Å². The van der Waals surface area contributed by atoms with E-state index in [1.54, 1.807) is 0 Å². The fourth-order valence-electron chi connectivity index (χ4n) is 1.49. The van der Waals surface area contributed by atoms with Crippen LogP contribution in [0.1, 0.15) is 51.4 Å². The van der Waals surface area contributed by atoms with E-state index in [0.29, 0.717) is 19.3 Å². The average Bonchev–Trinajstić information content (AvgIpc) is 2.18. The zero-order valence-corrected chi connectivity index (χ0v) is 14.0. The number of rotatable bonds is 9. The molecule has 10 heteroatoms. The third-order valence-electron chi connectivity index (χ3n) is 2.54. The first-order valence-corrected chi connectivity index (χ1v) is 7.26. The van der Waals surface area contributed by atoms with Gasteiger partial charge in [-0.3, -0.25) is 0 Å². The summed E-state index contributed by atoms with van der Waals surface area (Å²) < 4.78 is 91.0. The Kier molecular flexibility index (Phi) is 10.9. The number of hydrogen-bond acceptors (Lipinski definition) is 3. The predicted octanol–water partition coefficient (Wildman–Crippen LogP) is 0.812. The Bertz CT molecular complexity index is 356. The maximum Gasteiger partial charge on any atom is 1.00 e. The zero-order chi connectivity index (χ0) is 15.2. The molecule has 3 nitrogen and oxygen atoms in total. The molecule has 0 atom stereocenters. The van der Waals surface area contributed by atoms with Gasteiger partial charge in [0.05, 0.1) is 0 Å². The van der Waals surface area contributed by atoms with E-state index in [0.717, 1.165) is 0 Å². The largest absolute Gasteiger partial charge is 1.00 e. The topological polar surface area (TPSA) is 57.2 Å². The molecule has 0 aromatic rings. The van der Waals surface area contributed by atoms with Gasteiger partial charge in [0.15, 0.2) is 10.1 Å². The van der Waals surface area contributed by atoms with Gasteiger partial charge in [-0.2, -0.15) is 22.0 Å². The van der Waals surface area contributed by atoms with Crippen LogP contribution in [0, 0.1) is 0 Å². The molecular formula is C10H16F5NaO3S. The molecular weight excluding hydrogens is 318 g/mol. The minimum absolute atomic E-state index is 0. The van der Waals surface area contributed by atoms with E-state index >= 15 is 0 Å². The number of unbranched alkanes of at least 4 members (excludes halogenated alkanes) is 5. The van der Waals surface area contributed by atoms with Crippen LogP contribution in [0.4, 0.5) is 22.0 Å². The van der Waals surface area contributed by atoms with E-state index in [1.807, 2.05) is 0 Å². The van der Waals surface area contributed by atoms with Gasteiger partial charge in [-0.1, -0.05) is 25.7 Å². The maximum absolute atomic E-state index is 12.7. The van der Waals surface area contributed by atoms with Gasteiger partial charge in [0, 0.05) is 12.8 Å². The van der Waals surface area contributed by atoms with E-state index in [9.17, 15) is 34.9 Å². The SMILES string of the molecule is O=S(=O)([O-])C(F)(F)CCCCCCCCC(F)(F)F.[Na+]. The maximum atomic E-state index is 12.7. The molecule has 0 aliphatic rings. The van der Waals surface area contributed by atoms with Gasteiger partial charge < -0.3 is 4.55 Å². The average molecular weight is 334 g/mol. The quantitative estimate of drug-likeness (QED) is 0.271. The Morgan fingerprint density at radius 1 is 0.750 bits per heavy atom. The van der Waals surface area contributed by atoms with Gasteiger partial charge in [0.2, 0.25) is 0 Å². The minimum Gasteiger partial charge on any atom is -0.743 e. The van der Waals surface area contributed by atoms with E-state index in [1.165, 1.54) is 0 Å². The molecule has 0 aromatic carbocycles. The summed E-state index contributed by atoms with van der Waals surface area (Å²) in [6.45, 7) is 0. The zero-order valence-electron chi connectivity index (χ0n) is 11.2. The van der Waals surface area contributed by atoms with E-state index in [2.05, 4.69) is 0 Å². The van der Waals surface area contributed by atoms with E-state index in [-0.39, 0.29) is 48.8 Å². The fraction of sp³-hybridized carbons (Fsp3) is 1.00. The van der Waals surface area contributed by atoms with Gasteiger partial charge in [0.1, 0.15) is 0 Å². The Morgan fingerprint density at radius 2 is 1.10 bits per heavy atom. The second-order valence-corrected chi connectivity index (χ2v) is 5.83. The van der Waals surface area contributed by atoms with Crippen LogP contribution in [0.5, 0.6) is 0 Å². The summed E-state index contributed by atoms with van der Waals surface area (Å²) in [5.41, 5.74) is 0. The van der Waals surface area contributed by atoms with Crippen molar-refractivity contribution < 1.29 is 64.5 Å². The van der Waals surface area contributed by atoms with Crippen LogP contribution in [0.15, 0.2) is 0 Å². The predicted molar refractivity (Wildman–Crippen MR) is 57.6 cm³/mol. The van der Waals surface area contributed by atoms with Crippen molar-refractivity contribution in [3.8, 4) is 0 Å². The Labute approximate surface area is 137 Å². The van der Waals surface area contributed by atoms with E-state index < -0.39 is 34.4 Å². The smallest absolute Gasteiger partial charge is 0.743 e. The van der Waals surface area contributed by atoms with Crippen LogP contribution in [-0.4, -0.2) is 24.4 Å². The molecule has 0 radical (unpaired) electrons. The van der Waals surface area contributed by atoms with Crippen LogP contribution in [0.25, 0.3) is 0 Å². The van der Waals surface area contributed by atoms with Crippen LogP contribution in [-0.2, 0) is 10.1 Å². The number of halogens is 5. The Morgan fingerprint density at radius 3 is 1.45 bits per heavy atom. The molecule has 0 N–H and O–H groups in total. The van der Waals surface area contributed by atoms with Crippen molar-refractivity contribution in [1.29, 1.82) is 0 Å². The first kappa shape index (κ1) is 22.8. The molecule has 0 heterocycles. The van der Waals surface area contributed by atoms with Gasteiger partial charge in [0.25, 0.3) is 0 Å². The van der Waals surface area contributed by atoms with Gasteiger partial charge in [-0.25, -0.2) is 8.42 Å². The van der Waals surface area contributed by atoms with Crippen LogP contribution in [0.3, 0.4) is 0 Å². The number of hydrogen-bond donors (Lipinski definition) is 0. The first-order chi connectivity index (χ1) is 8.46. The standard InChI is InChI=1S/C10H17F5O3S.Na/c11-9(12,13)7-5-3-1-2-4-6-8-10(14,15)19(16,17)18;/h1-8H2,(H,16,17,18);/q;+1/p-1. The first-order valence-electron chi connectivity index (χ1n) is 5.86. The Hall–Kier alpha value is 0.560. The van der Waals surface area contributed by atoms with Gasteiger partial charge in [-0.05, 0) is 12.8 Å². The van der Waals surface area contributed by atoms with Crippen molar-refractivity contribution in [3.05, 3.63) is 0 Å². The monoisotopic (exact) mass is 334 g/mol. The summed E-state index contributed by atoms with van der Waals surface area (Å²) in [5.74, 6) is 0. The second kappa shape index (κ2) is 9.55. The van der Waals surface area contributed by atoms with Crippen molar-refractivity contribution in [3.63, 3.8) is 0 Å². The summed E-state index contributed by atoms with van der Waals surface area (Å²) in [7, 11) is -5.63. The molecule has 0 aliphatic carbocycles. The fourth-order valence-corrected chi connectivity index (χ4v) is 1.88. The third kappa shape index (κ3) is 11.2. The second-order valence-electron chi connectivity index (χ2n) is 4.33. The summed E-state index contributed by atoms with van der Waals surface area (Å²) in [6, 6.07) is 0. The molecule has 0 unspecified atom stereocenters.